The number of aromatic nitrogens is 1. The molecule has 1 saturated carbocycles. The lowest BCUT2D eigenvalue weighted by atomic mass is 9.95. The van der Waals surface area contributed by atoms with Gasteiger partial charge in [0.05, 0.1) is 28.9 Å². The Labute approximate surface area is 215 Å². The molecule has 6 nitrogen and oxygen atoms in total. The van der Waals surface area contributed by atoms with E-state index in [-0.39, 0.29) is 28.2 Å². The first kappa shape index (κ1) is 24.1. The first-order valence-corrected chi connectivity index (χ1v) is 12.2. The number of nitrogens with zero attached hydrogens (tertiary/aromatic N) is 1. The van der Waals surface area contributed by atoms with E-state index in [1.165, 1.54) is 7.11 Å². The van der Waals surface area contributed by atoms with E-state index in [1.54, 1.807) is 18.3 Å². The maximum atomic E-state index is 13.2. The quantitative estimate of drug-likeness (QED) is 0.241. The van der Waals surface area contributed by atoms with Crippen LogP contribution >= 0.6 is 11.6 Å². The highest BCUT2D eigenvalue weighted by Crippen LogP contribution is 2.41. The van der Waals surface area contributed by atoms with Gasteiger partial charge in [-0.1, -0.05) is 29.8 Å². The number of aromatic hydroxyl groups is 1. The van der Waals surface area contributed by atoms with Gasteiger partial charge in [0.2, 0.25) is 0 Å². The molecule has 0 unspecified atom stereocenters. The van der Waals surface area contributed by atoms with Crippen molar-refractivity contribution in [2.75, 3.05) is 12.4 Å². The van der Waals surface area contributed by atoms with Gasteiger partial charge in [0, 0.05) is 28.7 Å². The number of phenolic OH excluding ortho intramolecular Hbond substituents is 1. The van der Waals surface area contributed by atoms with Crippen LogP contribution in [0.1, 0.15) is 42.6 Å². The molecular formula is C29H28ClN3O3. The first-order chi connectivity index (χ1) is 17.2. The van der Waals surface area contributed by atoms with Gasteiger partial charge in [0.1, 0.15) is 0 Å². The van der Waals surface area contributed by atoms with E-state index in [4.69, 9.17) is 22.1 Å². The highest BCUT2D eigenvalue weighted by atomic mass is 35.5. The van der Waals surface area contributed by atoms with Crippen LogP contribution in [0.25, 0.3) is 22.0 Å². The number of fused-ring (bicyclic) bond motifs is 1. The zero-order valence-electron chi connectivity index (χ0n) is 20.4. The number of hydrogen-bond acceptors (Lipinski definition) is 6. The van der Waals surface area contributed by atoms with Gasteiger partial charge in [0.15, 0.2) is 17.3 Å². The number of benzene rings is 3. The average molecular weight is 502 g/mol. The predicted molar refractivity (Wildman–Crippen MR) is 144 cm³/mol. The summed E-state index contributed by atoms with van der Waals surface area (Å²) in [5.41, 5.74) is 11.3. The Hall–Kier alpha value is -3.61. The van der Waals surface area contributed by atoms with Crippen molar-refractivity contribution in [3.63, 3.8) is 0 Å². The molecule has 0 saturated heterocycles. The molecule has 1 aromatic heterocycles. The smallest absolute Gasteiger partial charge is 0.176 e. The fourth-order valence-electron chi connectivity index (χ4n) is 4.28. The normalized spacial score (nSPS) is 13.6. The molecule has 0 bridgehead atoms. The fourth-order valence-corrected chi connectivity index (χ4v) is 4.49. The summed E-state index contributed by atoms with van der Waals surface area (Å²) < 4.78 is 5.28. The maximum Gasteiger partial charge on any atom is 0.176 e. The molecule has 1 aliphatic carbocycles. The number of halogens is 1. The molecule has 0 atom stereocenters. The largest absolute Gasteiger partial charge is 0.503 e. The highest BCUT2D eigenvalue weighted by molar-refractivity contribution is 6.32. The van der Waals surface area contributed by atoms with Gasteiger partial charge in [0.25, 0.3) is 0 Å². The number of rotatable bonds is 7. The van der Waals surface area contributed by atoms with Crippen molar-refractivity contribution in [1.29, 1.82) is 0 Å². The second-order valence-corrected chi connectivity index (χ2v) is 10.3. The molecule has 36 heavy (non-hydrogen) atoms. The number of pyridine rings is 1. The molecule has 1 heterocycles. The van der Waals surface area contributed by atoms with Gasteiger partial charge in [-0.2, -0.15) is 0 Å². The fraction of sp³-hybridized carbons (Fsp3) is 0.241. The summed E-state index contributed by atoms with van der Waals surface area (Å²) in [6.07, 6.45) is 3.48. The Morgan fingerprint density at radius 1 is 1.11 bits per heavy atom. The number of nitrogens with one attached hydrogen (secondary N) is 1. The number of methoxy groups -OCH3 is 1. The van der Waals surface area contributed by atoms with Crippen molar-refractivity contribution in [2.45, 2.75) is 32.2 Å². The molecular weight excluding hydrogens is 474 g/mol. The van der Waals surface area contributed by atoms with E-state index in [1.807, 2.05) is 56.3 Å². The number of carbonyl (C=O) groups is 1. The number of anilines is 2. The summed E-state index contributed by atoms with van der Waals surface area (Å²) in [5, 5.41) is 14.6. The van der Waals surface area contributed by atoms with Gasteiger partial charge < -0.3 is 20.9 Å². The van der Waals surface area contributed by atoms with Gasteiger partial charge in [-0.15, -0.1) is 0 Å². The molecule has 0 spiro atoms. The molecule has 184 valence electrons. The monoisotopic (exact) mass is 501 g/mol. The Morgan fingerprint density at radius 3 is 2.47 bits per heavy atom. The minimum Gasteiger partial charge on any atom is -0.503 e. The lowest BCUT2D eigenvalue weighted by Crippen LogP contribution is -2.28. The minimum absolute atomic E-state index is 0.0496. The Balaban J connectivity index is 1.64. The third-order valence-electron chi connectivity index (χ3n) is 6.56. The number of carbonyl (C=O) groups excluding carboxylic acids is 1. The molecule has 1 fully saturated rings. The van der Waals surface area contributed by atoms with E-state index >= 15 is 0 Å². The molecule has 7 heteroatoms. The van der Waals surface area contributed by atoms with E-state index in [0.717, 1.165) is 51.8 Å². The lowest BCUT2D eigenvalue weighted by molar-refractivity contribution is 0.0968. The highest BCUT2D eigenvalue weighted by Gasteiger charge is 2.32. The zero-order chi connectivity index (χ0) is 25.6. The van der Waals surface area contributed by atoms with E-state index in [2.05, 4.69) is 10.3 Å². The van der Waals surface area contributed by atoms with E-state index in [0.29, 0.717) is 5.56 Å². The number of ether oxygens (including phenoxy) is 1. The SMILES string of the molecule is COc1cc(-c2ccc3ncc(C(=O)C4CC4)c(Nc4ccc(C(C)(C)N)cc4)c3c2)cc(Cl)c1O. The van der Waals surface area contributed by atoms with Crippen LogP contribution in [0.5, 0.6) is 11.5 Å². The lowest BCUT2D eigenvalue weighted by Gasteiger charge is -2.20. The van der Waals surface area contributed by atoms with Crippen LogP contribution < -0.4 is 15.8 Å². The van der Waals surface area contributed by atoms with Gasteiger partial charge >= 0.3 is 0 Å². The number of ketones is 1. The van der Waals surface area contributed by atoms with Gasteiger partial charge in [-0.3, -0.25) is 9.78 Å². The minimum atomic E-state index is -0.448. The van der Waals surface area contributed by atoms with Crippen LogP contribution in [0.3, 0.4) is 0 Å². The second-order valence-electron chi connectivity index (χ2n) is 9.85. The number of phenols is 1. The third kappa shape index (κ3) is 4.62. The zero-order valence-corrected chi connectivity index (χ0v) is 21.2. The predicted octanol–water partition coefficient (Wildman–Crippen LogP) is 6.80. The van der Waals surface area contributed by atoms with E-state index < -0.39 is 5.54 Å². The van der Waals surface area contributed by atoms with Crippen LogP contribution in [0.4, 0.5) is 11.4 Å². The summed E-state index contributed by atoms with van der Waals surface area (Å²) >= 11 is 6.25. The van der Waals surface area contributed by atoms with Crippen molar-refractivity contribution < 1.29 is 14.6 Å². The third-order valence-corrected chi connectivity index (χ3v) is 6.85. The van der Waals surface area contributed by atoms with Crippen molar-refractivity contribution in [2.24, 2.45) is 11.7 Å². The summed E-state index contributed by atoms with van der Waals surface area (Å²) in [5.74, 6) is 0.337. The molecule has 5 rings (SSSR count). The molecule has 0 radical (unpaired) electrons. The summed E-state index contributed by atoms with van der Waals surface area (Å²) in [6, 6.07) is 17.2. The van der Waals surface area contributed by atoms with Crippen molar-refractivity contribution >= 4 is 39.7 Å². The average Bonchev–Trinajstić information content (AvgIpc) is 3.70. The van der Waals surface area contributed by atoms with Crippen LogP contribution in [-0.4, -0.2) is 23.0 Å². The standard InChI is InChI=1S/C29H28ClN3O3/c1-29(2,31)19-7-9-20(10-8-19)33-26-21-12-17(18-13-23(30)28(35)25(14-18)36-3)6-11-24(21)32-15-22(26)27(34)16-4-5-16/h6-16,35H,4-5,31H2,1-3H3,(H,32,33). The van der Waals surface area contributed by atoms with Crippen LogP contribution in [0.15, 0.2) is 60.8 Å². The van der Waals surface area contributed by atoms with Crippen molar-refractivity contribution in [1.82, 2.24) is 4.98 Å². The van der Waals surface area contributed by atoms with Gasteiger partial charge in [-0.05, 0) is 79.8 Å². The number of Topliss-reactive ketones (excluding diaryl/α,β-unsaturated/α-hetero) is 1. The first-order valence-electron chi connectivity index (χ1n) is 11.9. The summed E-state index contributed by atoms with van der Waals surface area (Å²) in [4.78, 5) is 17.8. The van der Waals surface area contributed by atoms with Crippen molar-refractivity contribution in [3.05, 3.63) is 76.9 Å². The summed E-state index contributed by atoms with van der Waals surface area (Å²) in [6.45, 7) is 3.93. The molecule has 3 aromatic carbocycles. The molecule has 0 aliphatic heterocycles. The molecule has 0 amide bonds. The number of nitrogens with two attached hydrogens (primary N) is 1. The summed E-state index contributed by atoms with van der Waals surface area (Å²) in [7, 11) is 1.48. The Morgan fingerprint density at radius 2 is 1.83 bits per heavy atom. The molecule has 4 aromatic rings. The maximum absolute atomic E-state index is 13.2. The molecule has 4 N–H and O–H groups in total. The van der Waals surface area contributed by atoms with Crippen LogP contribution in [0, 0.1) is 5.92 Å². The van der Waals surface area contributed by atoms with E-state index in [9.17, 15) is 9.90 Å². The van der Waals surface area contributed by atoms with Crippen LogP contribution in [0.2, 0.25) is 5.02 Å². The van der Waals surface area contributed by atoms with Crippen LogP contribution in [-0.2, 0) is 5.54 Å². The van der Waals surface area contributed by atoms with Gasteiger partial charge in [-0.25, -0.2) is 0 Å². The molecule has 1 aliphatic rings. The Kier molecular flexibility index (Phi) is 6.10. The van der Waals surface area contributed by atoms with Crippen molar-refractivity contribution in [3.8, 4) is 22.6 Å². The number of hydrogen-bond donors (Lipinski definition) is 3. The topological polar surface area (TPSA) is 97.5 Å². The second kappa shape index (κ2) is 9.12. The Bertz CT molecular complexity index is 1470.